The van der Waals surface area contributed by atoms with Gasteiger partial charge < -0.3 is 10.5 Å². The Morgan fingerprint density at radius 2 is 2.20 bits per heavy atom. The van der Waals surface area contributed by atoms with Gasteiger partial charge in [0.05, 0.1) is 15.2 Å². The van der Waals surface area contributed by atoms with Gasteiger partial charge in [0.2, 0.25) is 10.0 Å². The molecule has 0 aliphatic carbocycles. The Morgan fingerprint density at radius 3 is 2.80 bits per heavy atom. The molecule has 0 aromatic heterocycles. The van der Waals surface area contributed by atoms with Crippen molar-refractivity contribution in [3.05, 3.63) is 21.4 Å². The maximum absolute atomic E-state index is 13.9. The first-order valence-electron chi connectivity index (χ1n) is 5.81. The smallest absolute Gasteiger partial charge is 0.243 e. The molecule has 1 aromatic rings. The minimum atomic E-state index is -4.01. The fourth-order valence-corrected chi connectivity index (χ4v) is 3.15. The summed E-state index contributed by atoms with van der Waals surface area (Å²) < 4.78 is 45.3. The van der Waals surface area contributed by atoms with Gasteiger partial charge in [0, 0.05) is 19.8 Å². The van der Waals surface area contributed by atoms with Gasteiger partial charge in [0.1, 0.15) is 4.90 Å². The second-order valence-electron chi connectivity index (χ2n) is 3.85. The Bertz CT molecular complexity index is 584. The van der Waals surface area contributed by atoms with E-state index in [1.54, 1.807) is 0 Å². The van der Waals surface area contributed by atoms with Gasteiger partial charge in [-0.2, -0.15) is 0 Å². The van der Waals surface area contributed by atoms with E-state index in [0.29, 0.717) is 19.6 Å². The Kier molecular flexibility index (Phi) is 6.67. The number of hydrogen-bond acceptors (Lipinski definition) is 4. The highest BCUT2D eigenvalue weighted by atomic mass is 79.9. The van der Waals surface area contributed by atoms with E-state index in [1.165, 1.54) is 0 Å². The molecule has 0 aliphatic heterocycles. The molecule has 9 heteroatoms. The normalized spacial score (nSPS) is 11.8. The second kappa shape index (κ2) is 7.56. The molecule has 3 N–H and O–H groups in total. The molecule has 114 valence electrons. The van der Waals surface area contributed by atoms with Crippen LogP contribution in [0.15, 0.2) is 15.4 Å². The molecule has 1 aromatic carbocycles. The topological polar surface area (TPSA) is 81.4 Å². The summed E-state index contributed by atoms with van der Waals surface area (Å²) in [6.07, 6.45) is 0.481. The quantitative estimate of drug-likeness (QED) is 0.426. The predicted molar refractivity (Wildman–Crippen MR) is 79.8 cm³/mol. The number of sulfonamides is 1. The fraction of sp³-hybridized carbons (Fsp3) is 0.455. The first-order chi connectivity index (χ1) is 9.31. The lowest BCUT2D eigenvalue weighted by molar-refractivity contribution is 0.146. The number of nitrogen functional groups attached to an aromatic ring is 1. The van der Waals surface area contributed by atoms with E-state index in [2.05, 4.69) is 20.7 Å². The van der Waals surface area contributed by atoms with Crippen LogP contribution in [0.5, 0.6) is 0 Å². The molecule has 0 radical (unpaired) electrons. The molecule has 0 saturated carbocycles. The standard InChI is InChI=1S/C11H15BrClFN2O3S/c1-2-19-5-3-4-16-20(17,18)8-6-7(13)9(12)11(15)10(8)14/h6,16H,2-5,15H2,1H3. The third kappa shape index (κ3) is 4.29. The Hall–Kier alpha value is -0.410. The minimum Gasteiger partial charge on any atom is -0.395 e. The molecule has 0 atom stereocenters. The van der Waals surface area contributed by atoms with E-state index in [0.717, 1.165) is 6.07 Å². The van der Waals surface area contributed by atoms with Crippen LogP contribution in [0.3, 0.4) is 0 Å². The third-order valence-electron chi connectivity index (χ3n) is 2.41. The summed E-state index contributed by atoms with van der Waals surface area (Å²) in [6, 6.07) is 1.02. The minimum absolute atomic E-state index is 0.0265. The van der Waals surface area contributed by atoms with Crippen molar-refractivity contribution in [2.45, 2.75) is 18.2 Å². The van der Waals surface area contributed by atoms with E-state index in [9.17, 15) is 12.8 Å². The highest BCUT2D eigenvalue weighted by Crippen LogP contribution is 2.34. The fourth-order valence-electron chi connectivity index (χ4n) is 1.40. The molecule has 20 heavy (non-hydrogen) atoms. The van der Waals surface area contributed by atoms with Crippen LogP contribution in [0.1, 0.15) is 13.3 Å². The van der Waals surface area contributed by atoms with Gasteiger partial charge >= 0.3 is 0 Å². The highest BCUT2D eigenvalue weighted by molar-refractivity contribution is 9.10. The van der Waals surface area contributed by atoms with Crippen molar-refractivity contribution >= 4 is 43.2 Å². The number of rotatable bonds is 7. The molecule has 5 nitrogen and oxygen atoms in total. The average molecular weight is 390 g/mol. The summed E-state index contributed by atoms with van der Waals surface area (Å²) >= 11 is 8.78. The number of hydrogen-bond donors (Lipinski definition) is 2. The molecule has 1 rings (SSSR count). The van der Waals surface area contributed by atoms with Crippen molar-refractivity contribution in [1.29, 1.82) is 0 Å². The first kappa shape index (κ1) is 17.6. The van der Waals surface area contributed by atoms with Crippen LogP contribution >= 0.6 is 27.5 Å². The predicted octanol–water partition coefficient (Wildman–Crippen LogP) is 2.53. The van der Waals surface area contributed by atoms with Crippen molar-refractivity contribution in [2.24, 2.45) is 0 Å². The van der Waals surface area contributed by atoms with E-state index >= 15 is 0 Å². The third-order valence-corrected chi connectivity index (χ3v) is 5.25. The monoisotopic (exact) mass is 388 g/mol. The molecule has 0 fully saturated rings. The molecular formula is C11H15BrClFN2O3S. The molecular weight excluding hydrogens is 375 g/mol. The van der Waals surface area contributed by atoms with Gasteiger partial charge in [-0.05, 0) is 35.3 Å². The highest BCUT2D eigenvalue weighted by Gasteiger charge is 2.23. The van der Waals surface area contributed by atoms with Crippen molar-refractivity contribution in [3.63, 3.8) is 0 Å². The van der Waals surface area contributed by atoms with E-state index in [-0.39, 0.29) is 21.7 Å². The SMILES string of the molecule is CCOCCCNS(=O)(=O)c1cc(Cl)c(Br)c(N)c1F. The van der Waals surface area contributed by atoms with Gasteiger partial charge in [-0.25, -0.2) is 17.5 Å². The molecule has 0 aliphatic rings. The number of benzene rings is 1. The molecule has 0 heterocycles. The Labute approximate surface area is 130 Å². The van der Waals surface area contributed by atoms with Crippen LogP contribution in [0.4, 0.5) is 10.1 Å². The summed E-state index contributed by atoms with van der Waals surface area (Å²) in [4.78, 5) is -0.570. The van der Waals surface area contributed by atoms with Crippen LogP contribution in [-0.4, -0.2) is 28.2 Å². The van der Waals surface area contributed by atoms with Crippen LogP contribution in [0, 0.1) is 5.82 Å². The Balaban J connectivity index is 2.88. The van der Waals surface area contributed by atoms with Gasteiger partial charge in [0.15, 0.2) is 5.82 Å². The molecule has 0 spiro atoms. The molecule has 0 saturated heterocycles. The lowest BCUT2D eigenvalue weighted by Gasteiger charge is -2.11. The van der Waals surface area contributed by atoms with Gasteiger partial charge in [0.25, 0.3) is 0 Å². The molecule has 0 unspecified atom stereocenters. The van der Waals surface area contributed by atoms with E-state index in [1.807, 2.05) is 6.92 Å². The van der Waals surface area contributed by atoms with Crippen LogP contribution in [-0.2, 0) is 14.8 Å². The van der Waals surface area contributed by atoms with Crippen LogP contribution in [0.25, 0.3) is 0 Å². The summed E-state index contributed by atoms with van der Waals surface area (Å²) in [5.41, 5.74) is 5.12. The Morgan fingerprint density at radius 1 is 1.55 bits per heavy atom. The summed E-state index contributed by atoms with van der Waals surface area (Å²) in [7, 11) is -4.01. The average Bonchev–Trinajstić information content (AvgIpc) is 2.40. The van der Waals surface area contributed by atoms with E-state index in [4.69, 9.17) is 22.1 Å². The zero-order valence-corrected chi connectivity index (χ0v) is 13.9. The van der Waals surface area contributed by atoms with Crippen molar-refractivity contribution in [1.82, 2.24) is 4.72 Å². The number of ether oxygens (including phenoxy) is 1. The largest absolute Gasteiger partial charge is 0.395 e. The molecule has 0 amide bonds. The van der Waals surface area contributed by atoms with Gasteiger partial charge in [-0.15, -0.1) is 0 Å². The summed E-state index contributed by atoms with van der Waals surface area (Å²) in [6.45, 7) is 2.95. The van der Waals surface area contributed by atoms with E-state index < -0.39 is 20.7 Å². The number of halogens is 3. The first-order valence-corrected chi connectivity index (χ1v) is 8.47. The zero-order chi connectivity index (χ0) is 15.3. The maximum atomic E-state index is 13.9. The lowest BCUT2D eigenvalue weighted by Crippen LogP contribution is -2.26. The van der Waals surface area contributed by atoms with Crippen molar-refractivity contribution < 1.29 is 17.5 Å². The zero-order valence-electron chi connectivity index (χ0n) is 10.8. The number of anilines is 1. The number of nitrogens with one attached hydrogen (secondary N) is 1. The molecule has 0 bridgehead atoms. The maximum Gasteiger partial charge on any atom is 0.243 e. The van der Waals surface area contributed by atoms with Crippen LogP contribution in [0.2, 0.25) is 5.02 Å². The second-order valence-corrected chi connectivity index (χ2v) is 6.78. The van der Waals surface area contributed by atoms with Gasteiger partial charge in [-0.1, -0.05) is 11.6 Å². The van der Waals surface area contributed by atoms with Crippen molar-refractivity contribution in [2.75, 3.05) is 25.5 Å². The summed E-state index contributed by atoms with van der Waals surface area (Å²) in [5, 5.41) is 0.0265. The van der Waals surface area contributed by atoms with Crippen molar-refractivity contribution in [3.8, 4) is 0 Å². The van der Waals surface area contributed by atoms with Crippen LogP contribution < -0.4 is 10.5 Å². The van der Waals surface area contributed by atoms with Gasteiger partial charge in [-0.3, -0.25) is 0 Å². The summed E-state index contributed by atoms with van der Waals surface area (Å²) in [5.74, 6) is -1.03. The lowest BCUT2D eigenvalue weighted by atomic mass is 10.3. The number of nitrogens with two attached hydrogens (primary N) is 1.